The Morgan fingerprint density at radius 2 is 1.93 bits per heavy atom. The van der Waals surface area contributed by atoms with Crippen LogP contribution in [0.4, 0.5) is 5.69 Å². The van der Waals surface area contributed by atoms with Crippen molar-refractivity contribution in [3.63, 3.8) is 0 Å². The van der Waals surface area contributed by atoms with Crippen molar-refractivity contribution in [2.24, 2.45) is 0 Å². The van der Waals surface area contributed by atoms with Crippen LogP contribution in [0.2, 0.25) is 5.02 Å². The number of amides is 1. The number of esters is 1. The number of nitro groups is 1. The van der Waals surface area contributed by atoms with Crippen molar-refractivity contribution in [2.45, 2.75) is 6.54 Å². The summed E-state index contributed by atoms with van der Waals surface area (Å²) in [6, 6.07) is 13.6. The smallest absolute Gasteiger partial charge is 0.331 e. The number of hydrogen-bond acceptors (Lipinski definition) is 5. The van der Waals surface area contributed by atoms with Crippen molar-refractivity contribution in [1.29, 1.82) is 0 Å². The second kappa shape index (κ2) is 9.49. The molecule has 1 amide bonds. The van der Waals surface area contributed by atoms with Crippen molar-refractivity contribution < 1.29 is 19.2 Å². The zero-order valence-electron chi connectivity index (χ0n) is 14.5. The number of carbonyl (C=O) groups excluding carboxylic acids is 2. The highest BCUT2D eigenvalue weighted by Crippen LogP contribution is 2.25. The second-order valence-electron chi connectivity index (χ2n) is 5.64. The number of halogens is 1. The molecular formula is C19H17ClN2O5. The summed E-state index contributed by atoms with van der Waals surface area (Å²) in [5, 5.41) is 10.9. The van der Waals surface area contributed by atoms with Crippen molar-refractivity contribution in [3.8, 4) is 0 Å². The monoisotopic (exact) mass is 388 g/mol. The van der Waals surface area contributed by atoms with E-state index in [1.165, 1.54) is 29.2 Å². The fourth-order valence-electron chi connectivity index (χ4n) is 2.17. The third-order valence-electron chi connectivity index (χ3n) is 3.60. The zero-order valence-corrected chi connectivity index (χ0v) is 15.3. The molecule has 0 aliphatic rings. The fourth-order valence-corrected chi connectivity index (χ4v) is 2.36. The summed E-state index contributed by atoms with van der Waals surface area (Å²) >= 11 is 5.73. The molecule has 2 rings (SSSR count). The minimum absolute atomic E-state index is 0.00627. The van der Waals surface area contributed by atoms with Gasteiger partial charge in [-0.1, -0.05) is 48.0 Å². The van der Waals surface area contributed by atoms with Gasteiger partial charge in [0.05, 0.1) is 4.92 Å². The summed E-state index contributed by atoms with van der Waals surface area (Å²) < 4.78 is 4.91. The molecule has 0 aromatic heterocycles. The Morgan fingerprint density at radius 3 is 2.59 bits per heavy atom. The van der Waals surface area contributed by atoms with Crippen molar-refractivity contribution in [2.75, 3.05) is 13.7 Å². The first-order valence-corrected chi connectivity index (χ1v) is 8.31. The Bertz CT molecular complexity index is 868. The van der Waals surface area contributed by atoms with E-state index in [2.05, 4.69) is 0 Å². The Labute approximate surface area is 161 Å². The molecule has 0 aliphatic heterocycles. The van der Waals surface area contributed by atoms with Crippen molar-refractivity contribution in [3.05, 3.63) is 80.9 Å². The molecule has 140 valence electrons. The van der Waals surface area contributed by atoms with Gasteiger partial charge in [0.1, 0.15) is 5.02 Å². The molecule has 0 aliphatic carbocycles. The topological polar surface area (TPSA) is 89.8 Å². The predicted molar refractivity (Wildman–Crippen MR) is 101 cm³/mol. The van der Waals surface area contributed by atoms with Crippen LogP contribution in [0.5, 0.6) is 0 Å². The summed E-state index contributed by atoms with van der Waals surface area (Å²) in [7, 11) is 1.62. The number of ether oxygens (including phenoxy) is 1. The summed E-state index contributed by atoms with van der Waals surface area (Å²) in [5.41, 5.74) is 1.12. The van der Waals surface area contributed by atoms with Gasteiger partial charge in [-0.2, -0.15) is 0 Å². The largest absolute Gasteiger partial charge is 0.452 e. The van der Waals surface area contributed by atoms with Gasteiger partial charge in [-0.05, 0) is 23.3 Å². The molecule has 2 aromatic carbocycles. The number of nitrogens with zero attached hydrogens (tertiary/aromatic N) is 2. The number of benzene rings is 2. The van der Waals surface area contributed by atoms with Crippen LogP contribution in [0.3, 0.4) is 0 Å². The van der Waals surface area contributed by atoms with E-state index < -0.39 is 17.5 Å². The highest BCUT2D eigenvalue weighted by Gasteiger charge is 2.13. The maximum Gasteiger partial charge on any atom is 0.331 e. The van der Waals surface area contributed by atoms with E-state index in [4.69, 9.17) is 16.3 Å². The first-order valence-electron chi connectivity index (χ1n) is 7.93. The quantitative estimate of drug-likeness (QED) is 0.313. The number of nitro benzene ring substituents is 1. The summed E-state index contributed by atoms with van der Waals surface area (Å²) in [4.78, 5) is 35.5. The number of likely N-dealkylation sites (N-methyl/N-ethyl adjacent to an activating group) is 1. The molecule has 27 heavy (non-hydrogen) atoms. The standard InChI is InChI=1S/C19H17ClN2O5/c1-21(12-15-5-3-2-4-6-15)18(23)13-27-19(24)10-8-14-7-9-16(20)17(11-14)22(25)26/h2-11H,12-13H2,1H3/b10-8+. The summed E-state index contributed by atoms with van der Waals surface area (Å²) in [5.74, 6) is -1.07. The molecular weight excluding hydrogens is 372 g/mol. The molecule has 8 heteroatoms. The SMILES string of the molecule is CN(Cc1ccccc1)C(=O)COC(=O)/C=C/c1ccc(Cl)c([N+](=O)[O-])c1. The molecule has 0 fully saturated rings. The van der Waals surface area contributed by atoms with E-state index in [-0.39, 0.29) is 16.6 Å². The van der Waals surface area contributed by atoms with E-state index in [1.807, 2.05) is 30.3 Å². The lowest BCUT2D eigenvalue weighted by Gasteiger charge is -2.16. The van der Waals surface area contributed by atoms with Gasteiger partial charge < -0.3 is 9.64 Å². The van der Waals surface area contributed by atoms with Crippen LogP contribution in [0, 0.1) is 10.1 Å². The van der Waals surface area contributed by atoms with Gasteiger partial charge in [0.25, 0.3) is 11.6 Å². The Morgan fingerprint density at radius 1 is 1.22 bits per heavy atom. The van der Waals surface area contributed by atoms with Gasteiger partial charge in [-0.25, -0.2) is 4.79 Å². The van der Waals surface area contributed by atoms with Crippen LogP contribution in [-0.2, 0) is 20.9 Å². The van der Waals surface area contributed by atoms with Crippen molar-refractivity contribution >= 4 is 35.2 Å². The van der Waals surface area contributed by atoms with Crippen LogP contribution in [0.15, 0.2) is 54.6 Å². The van der Waals surface area contributed by atoms with Crippen LogP contribution < -0.4 is 0 Å². The van der Waals surface area contributed by atoms with Gasteiger partial charge >= 0.3 is 5.97 Å². The minimum atomic E-state index is -0.728. The number of hydrogen-bond donors (Lipinski definition) is 0. The van der Waals surface area contributed by atoms with Crippen LogP contribution in [0.1, 0.15) is 11.1 Å². The van der Waals surface area contributed by atoms with Gasteiger partial charge in [-0.15, -0.1) is 0 Å². The van der Waals surface area contributed by atoms with Gasteiger partial charge in [0.15, 0.2) is 6.61 Å². The Kier molecular flexibility index (Phi) is 7.08. The molecule has 0 saturated heterocycles. The van der Waals surface area contributed by atoms with Gasteiger partial charge in [0, 0.05) is 25.7 Å². The van der Waals surface area contributed by atoms with Crippen LogP contribution in [0.25, 0.3) is 6.08 Å². The van der Waals surface area contributed by atoms with Crippen molar-refractivity contribution in [1.82, 2.24) is 4.90 Å². The molecule has 0 atom stereocenters. The molecule has 0 radical (unpaired) electrons. The first kappa shape index (κ1) is 20.1. The molecule has 7 nitrogen and oxygen atoms in total. The normalized spacial score (nSPS) is 10.6. The van der Waals surface area contributed by atoms with Gasteiger partial charge in [-0.3, -0.25) is 14.9 Å². The zero-order chi connectivity index (χ0) is 19.8. The average Bonchev–Trinajstić information content (AvgIpc) is 2.65. The number of rotatable bonds is 7. The Hall–Kier alpha value is -3.19. The highest BCUT2D eigenvalue weighted by molar-refractivity contribution is 6.32. The predicted octanol–water partition coefficient (Wildman–Crippen LogP) is 3.46. The lowest BCUT2D eigenvalue weighted by molar-refractivity contribution is -0.384. The minimum Gasteiger partial charge on any atom is -0.452 e. The molecule has 0 N–H and O–H groups in total. The maximum atomic E-state index is 12.0. The van der Waals surface area contributed by atoms with Crippen LogP contribution in [-0.4, -0.2) is 35.4 Å². The first-order chi connectivity index (χ1) is 12.9. The summed E-state index contributed by atoms with van der Waals surface area (Å²) in [6.07, 6.45) is 2.45. The highest BCUT2D eigenvalue weighted by atomic mass is 35.5. The maximum absolute atomic E-state index is 12.0. The lowest BCUT2D eigenvalue weighted by atomic mass is 10.2. The third-order valence-corrected chi connectivity index (χ3v) is 3.92. The van der Waals surface area contributed by atoms with E-state index in [9.17, 15) is 19.7 Å². The van der Waals surface area contributed by atoms with E-state index in [1.54, 1.807) is 7.05 Å². The average molecular weight is 389 g/mol. The Balaban J connectivity index is 1.86. The molecule has 0 spiro atoms. The molecule has 0 bridgehead atoms. The molecule has 0 heterocycles. The molecule has 0 saturated carbocycles. The van der Waals surface area contributed by atoms with E-state index >= 15 is 0 Å². The van der Waals surface area contributed by atoms with Crippen LogP contribution >= 0.6 is 11.6 Å². The van der Waals surface area contributed by atoms with Gasteiger partial charge in [0.2, 0.25) is 0 Å². The second-order valence-corrected chi connectivity index (χ2v) is 6.05. The third kappa shape index (κ3) is 6.23. The summed E-state index contributed by atoms with van der Waals surface area (Å²) in [6.45, 7) is 0.00871. The van der Waals surface area contributed by atoms with E-state index in [0.29, 0.717) is 12.1 Å². The fraction of sp³-hybridized carbons (Fsp3) is 0.158. The molecule has 0 unspecified atom stereocenters. The number of carbonyl (C=O) groups is 2. The lowest BCUT2D eigenvalue weighted by Crippen LogP contribution is -2.30. The van der Waals surface area contributed by atoms with E-state index in [0.717, 1.165) is 11.6 Å². The molecule has 2 aromatic rings.